The molecule has 0 spiro atoms. The third-order valence-corrected chi connectivity index (χ3v) is 10.6. The van der Waals surface area contributed by atoms with Crippen LogP contribution >= 0.6 is 0 Å². The van der Waals surface area contributed by atoms with E-state index in [2.05, 4.69) is 78.2 Å². The van der Waals surface area contributed by atoms with Gasteiger partial charge in [-0.15, -0.1) is 0 Å². The van der Waals surface area contributed by atoms with Crippen molar-refractivity contribution in [2.24, 2.45) is 38.6 Å². The average Bonchev–Trinajstić information content (AvgIpc) is 3.64. The van der Waals surface area contributed by atoms with Gasteiger partial charge in [-0.1, -0.05) is 72.4 Å². The fourth-order valence-corrected chi connectivity index (χ4v) is 8.40. The largest absolute Gasteiger partial charge is 0.328 e. The van der Waals surface area contributed by atoms with Crippen LogP contribution in [0.4, 0.5) is 0 Å². The van der Waals surface area contributed by atoms with Crippen molar-refractivity contribution in [3.8, 4) is 0 Å². The molecule has 5 unspecified atom stereocenters. The Balaban J connectivity index is 1.18. The van der Waals surface area contributed by atoms with E-state index in [9.17, 15) is 0 Å². The summed E-state index contributed by atoms with van der Waals surface area (Å²) in [6, 6.07) is 0. The molecule has 8 rings (SSSR count). The second kappa shape index (κ2) is 11.9. The Kier molecular flexibility index (Phi) is 7.46. The van der Waals surface area contributed by atoms with Crippen LogP contribution in [0.15, 0.2) is 121 Å². The first-order valence-corrected chi connectivity index (χ1v) is 17.0. The van der Waals surface area contributed by atoms with Gasteiger partial charge in [0.15, 0.2) is 6.17 Å². The molecule has 2 aliphatic heterocycles. The summed E-state index contributed by atoms with van der Waals surface area (Å²) in [6.45, 7) is 0.951. The van der Waals surface area contributed by atoms with Gasteiger partial charge in [-0.3, -0.25) is 4.99 Å². The zero-order chi connectivity index (χ0) is 28.6. The monoisotopic (exact) mass is 568 g/mol. The third-order valence-electron chi connectivity index (χ3n) is 10.6. The summed E-state index contributed by atoms with van der Waals surface area (Å²) in [7, 11) is 0. The van der Waals surface area contributed by atoms with Crippen LogP contribution in [0.25, 0.3) is 0 Å². The first kappa shape index (κ1) is 27.0. The zero-order valence-corrected chi connectivity index (χ0v) is 25.3. The lowest BCUT2D eigenvalue weighted by Gasteiger charge is -2.40. The van der Waals surface area contributed by atoms with E-state index < -0.39 is 0 Å². The number of hydrogen-bond donors (Lipinski definition) is 1. The van der Waals surface area contributed by atoms with Crippen molar-refractivity contribution < 1.29 is 0 Å². The molecule has 220 valence electrons. The molecule has 43 heavy (non-hydrogen) atoms. The maximum atomic E-state index is 5.37. The van der Waals surface area contributed by atoms with Gasteiger partial charge in [0.25, 0.3) is 0 Å². The number of nitrogens with zero attached hydrogens (tertiary/aromatic N) is 3. The summed E-state index contributed by atoms with van der Waals surface area (Å²) >= 11 is 0. The Morgan fingerprint density at radius 1 is 0.814 bits per heavy atom. The van der Waals surface area contributed by atoms with E-state index in [1.165, 1.54) is 54.5 Å². The lowest BCUT2D eigenvalue weighted by molar-refractivity contribution is 0.422. The lowest BCUT2D eigenvalue weighted by atomic mass is 9.64. The molecule has 0 saturated heterocycles. The molecule has 6 aliphatic carbocycles. The molecule has 4 nitrogen and oxygen atoms in total. The fourth-order valence-electron chi connectivity index (χ4n) is 8.40. The summed E-state index contributed by atoms with van der Waals surface area (Å²) in [5, 5.41) is 3.81. The second-order valence-electron chi connectivity index (χ2n) is 13.4. The van der Waals surface area contributed by atoms with E-state index >= 15 is 0 Å². The maximum absolute atomic E-state index is 5.37. The topological polar surface area (TPSA) is 49.1 Å². The van der Waals surface area contributed by atoms with Gasteiger partial charge in [0.05, 0.1) is 0 Å². The van der Waals surface area contributed by atoms with E-state index in [4.69, 9.17) is 15.0 Å². The van der Waals surface area contributed by atoms with Crippen LogP contribution in [-0.4, -0.2) is 30.1 Å². The molecule has 5 atom stereocenters. The van der Waals surface area contributed by atoms with Crippen LogP contribution in [0.3, 0.4) is 0 Å². The maximum Gasteiger partial charge on any atom is 0.165 e. The lowest BCUT2D eigenvalue weighted by Crippen LogP contribution is -2.42. The van der Waals surface area contributed by atoms with Crippen molar-refractivity contribution in [1.29, 1.82) is 0 Å². The molecular weight excluding hydrogens is 524 g/mol. The number of allylic oxidation sites excluding steroid dienone is 15. The summed E-state index contributed by atoms with van der Waals surface area (Å²) in [4.78, 5) is 15.6. The Labute approximate surface area is 257 Å². The Morgan fingerprint density at radius 2 is 1.77 bits per heavy atom. The van der Waals surface area contributed by atoms with Crippen LogP contribution in [0.1, 0.15) is 77.0 Å². The van der Waals surface area contributed by atoms with Crippen molar-refractivity contribution in [3.63, 3.8) is 0 Å². The minimum atomic E-state index is -0.134. The van der Waals surface area contributed by atoms with E-state index in [1.807, 2.05) is 0 Å². The number of amidine groups is 2. The smallest absolute Gasteiger partial charge is 0.165 e. The summed E-state index contributed by atoms with van der Waals surface area (Å²) < 4.78 is 0. The van der Waals surface area contributed by atoms with Crippen LogP contribution in [0.5, 0.6) is 0 Å². The summed E-state index contributed by atoms with van der Waals surface area (Å²) in [5.74, 6) is 3.93. The van der Waals surface area contributed by atoms with Crippen molar-refractivity contribution in [3.05, 3.63) is 106 Å². The second-order valence-corrected chi connectivity index (χ2v) is 13.4. The Morgan fingerprint density at radius 3 is 2.63 bits per heavy atom. The van der Waals surface area contributed by atoms with Gasteiger partial charge in [-0.25, -0.2) is 9.98 Å². The zero-order valence-electron chi connectivity index (χ0n) is 25.3. The van der Waals surface area contributed by atoms with Crippen molar-refractivity contribution >= 4 is 17.4 Å². The average molecular weight is 569 g/mol. The summed E-state index contributed by atoms with van der Waals surface area (Å²) in [6.07, 6.45) is 42.3. The normalized spacial score (nSPS) is 33.3. The minimum Gasteiger partial charge on any atom is -0.328 e. The SMILES string of the molecule is C1=CCCC(C2N=C(C3=CC(C4=NCCC4)=CC(C4=CC5=C(C=CCC5)C5CCC=CC45)C3)NC(C3C=CCCC3)=N2)=C1. The Hall–Kier alpha value is -3.53. The van der Waals surface area contributed by atoms with Crippen LogP contribution < -0.4 is 5.32 Å². The van der Waals surface area contributed by atoms with Crippen molar-refractivity contribution in [1.82, 2.24) is 5.32 Å². The highest BCUT2D eigenvalue weighted by atomic mass is 15.2. The van der Waals surface area contributed by atoms with Crippen LogP contribution in [0, 0.1) is 23.7 Å². The molecule has 1 N–H and O–H groups in total. The Bertz CT molecular complexity index is 1540. The molecule has 0 aromatic heterocycles. The standard InChI is InChI=1S/C39H44N4/c1-3-12-26(13-4-1)37-41-38(27-14-5-2-6-15-27)43-39(42-37)31-23-29(22-30(24-31)36-20-11-21-40-36)35-25-28-16-7-8-17-32(28)33-18-9-10-19-34(33)35/h1,3,5,8,10,12,14,17,19,22,24-25,27,29,33-34,37H,2,4,6-7,9,11,13,15-16,18,20-21,23H2,(H,41,42,43). The van der Waals surface area contributed by atoms with Gasteiger partial charge in [0.1, 0.15) is 11.7 Å². The number of hydrogen-bond acceptors (Lipinski definition) is 4. The predicted molar refractivity (Wildman–Crippen MR) is 179 cm³/mol. The number of rotatable bonds is 5. The molecule has 2 heterocycles. The van der Waals surface area contributed by atoms with E-state index in [0.717, 1.165) is 63.2 Å². The number of nitrogens with one attached hydrogen (secondary N) is 1. The fraction of sp³-hybridized carbons (Fsp3) is 0.462. The van der Waals surface area contributed by atoms with E-state index in [0.29, 0.717) is 23.7 Å². The number of aliphatic imine (C=N–C) groups is 3. The molecule has 0 aromatic carbocycles. The van der Waals surface area contributed by atoms with Gasteiger partial charge in [-0.2, -0.15) is 0 Å². The molecule has 0 radical (unpaired) electrons. The number of fused-ring (bicyclic) bond motifs is 2. The van der Waals surface area contributed by atoms with Crippen molar-refractivity contribution in [2.45, 2.75) is 83.2 Å². The van der Waals surface area contributed by atoms with Gasteiger partial charge < -0.3 is 5.32 Å². The van der Waals surface area contributed by atoms with E-state index in [-0.39, 0.29) is 6.17 Å². The molecule has 0 bridgehead atoms. The molecule has 0 fully saturated rings. The quantitative estimate of drug-likeness (QED) is 0.332. The van der Waals surface area contributed by atoms with Gasteiger partial charge >= 0.3 is 0 Å². The minimum absolute atomic E-state index is 0.134. The molecule has 0 saturated carbocycles. The first-order chi connectivity index (χ1) is 21.3. The predicted octanol–water partition coefficient (Wildman–Crippen LogP) is 8.62. The van der Waals surface area contributed by atoms with E-state index in [1.54, 1.807) is 16.7 Å². The summed E-state index contributed by atoms with van der Waals surface area (Å²) in [5.41, 5.74) is 10.1. The van der Waals surface area contributed by atoms with Crippen LogP contribution in [-0.2, 0) is 0 Å². The van der Waals surface area contributed by atoms with Gasteiger partial charge in [0, 0.05) is 30.0 Å². The highest BCUT2D eigenvalue weighted by molar-refractivity contribution is 6.13. The van der Waals surface area contributed by atoms with Crippen LogP contribution in [0.2, 0.25) is 0 Å². The van der Waals surface area contributed by atoms with Gasteiger partial charge in [-0.05, 0) is 117 Å². The molecule has 4 heteroatoms. The molecule has 8 aliphatic rings. The highest BCUT2D eigenvalue weighted by Crippen LogP contribution is 2.48. The third kappa shape index (κ3) is 5.39. The highest BCUT2D eigenvalue weighted by Gasteiger charge is 2.37. The molecule has 0 aromatic rings. The molecule has 0 amide bonds. The van der Waals surface area contributed by atoms with Gasteiger partial charge in [0.2, 0.25) is 0 Å². The van der Waals surface area contributed by atoms with Crippen molar-refractivity contribution in [2.75, 3.05) is 6.54 Å². The molecular formula is C39H44N4. The first-order valence-electron chi connectivity index (χ1n) is 17.0.